The molecule has 0 atom stereocenters. The summed E-state index contributed by atoms with van der Waals surface area (Å²) in [5.41, 5.74) is 0. The van der Waals surface area contributed by atoms with Crippen LogP contribution in [-0.4, -0.2) is 13.0 Å². The van der Waals surface area contributed by atoms with Crippen molar-refractivity contribution in [3.05, 3.63) is 30.6 Å². The zero-order valence-electron chi connectivity index (χ0n) is 8.91. The molecule has 1 aromatic rings. The number of ether oxygens (including phenoxy) is 1. The van der Waals surface area contributed by atoms with Gasteiger partial charge in [-0.15, -0.1) is 13.2 Å². The maximum Gasteiger partial charge on any atom is 0.522 e. The van der Waals surface area contributed by atoms with Crippen molar-refractivity contribution in [2.24, 2.45) is 0 Å². The molecular formula is C11H15F3NO+. The van der Waals surface area contributed by atoms with Gasteiger partial charge in [0.25, 0.3) is 0 Å². The average Bonchev–Trinajstić information content (AvgIpc) is 2.23. The molecule has 0 amide bonds. The van der Waals surface area contributed by atoms with E-state index in [0.29, 0.717) is 6.42 Å². The fraction of sp³-hybridized carbons (Fsp3) is 0.545. The molecule has 0 unspecified atom stereocenters. The molecule has 1 heterocycles. The Morgan fingerprint density at radius 1 is 0.938 bits per heavy atom. The van der Waals surface area contributed by atoms with Crippen molar-refractivity contribution in [1.29, 1.82) is 0 Å². The van der Waals surface area contributed by atoms with Gasteiger partial charge in [-0.05, 0) is 12.8 Å². The monoisotopic (exact) mass is 234 g/mol. The van der Waals surface area contributed by atoms with Crippen molar-refractivity contribution in [3.8, 4) is 0 Å². The van der Waals surface area contributed by atoms with Gasteiger partial charge >= 0.3 is 6.36 Å². The molecule has 1 rings (SSSR count). The lowest BCUT2D eigenvalue weighted by molar-refractivity contribution is -0.697. The second-order valence-corrected chi connectivity index (χ2v) is 3.47. The van der Waals surface area contributed by atoms with Gasteiger partial charge in [0.05, 0.1) is 6.61 Å². The van der Waals surface area contributed by atoms with E-state index < -0.39 is 6.36 Å². The van der Waals surface area contributed by atoms with Crippen molar-refractivity contribution in [3.63, 3.8) is 0 Å². The second-order valence-electron chi connectivity index (χ2n) is 3.47. The summed E-state index contributed by atoms with van der Waals surface area (Å²) in [5, 5.41) is 0. The molecule has 90 valence electrons. The van der Waals surface area contributed by atoms with Crippen LogP contribution >= 0.6 is 0 Å². The molecule has 5 heteroatoms. The highest BCUT2D eigenvalue weighted by Gasteiger charge is 2.28. The van der Waals surface area contributed by atoms with Gasteiger partial charge in [-0.25, -0.2) is 4.57 Å². The van der Waals surface area contributed by atoms with E-state index in [4.69, 9.17) is 0 Å². The van der Waals surface area contributed by atoms with Gasteiger partial charge in [0.1, 0.15) is 6.54 Å². The van der Waals surface area contributed by atoms with Gasteiger partial charge in [-0.1, -0.05) is 6.07 Å². The van der Waals surface area contributed by atoms with E-state index in [9.17, 15) is 13.2 Å². The Balaban J connectivity index is 2.01. The normalized spacial score (nSPS) is 11.7. The van der Waals surface area contributed by atoms with Crippen LogP contribution in [0.2, 0.25) is 0 Å². The summed E-state index contributed by atoms with van der Waals surface area (Å²) in [6.45, 7) is 0.579. The predicted octanol–water partition coefficient (Wildman–Crippen LogP) is 2.68. The molecule has 0 bridgehead atoms. The summed E-state index contributed by atoms with van der Waals surface area (Å²) in [4.78, 5) is 0. The molecule has 16 heavy (non-hydrogen) atoms. The van der Waals surface area contributed by atoms with Crippen molar-refractivity contribution < 1.29 is 22.5 Å². The number of halogens is 3. The standard InChI is InChI=1S/C11H15F3NO/c12-11(13,14)16-10-6-2-5-9-15-7-3-1-4-8-15/h1,3-4,7-8H,2,5-6,9-10H2/q+1. The number of pyridine rings is 1. The molecule has 0 aliphatic heterocycles. The molecule has 0 saturated heterocycles. The van der Waals surface area contributed by atoms with E-state index in [1.807, 2.05) is 35.2 Å². The van der Waals surface area contributed by atoms with Gasteiger partial charge in [-0.2, -0.15) is 0 Å². The number of unbranched alkanes of at least 4 members (excludes halogenated alkanes) is 2. The van der Waals surface area contributed by atoms with Gasteiger partial charge in [0.15, 0.2) is 12.4 Å². The van der Waals surface area contributed by atoms with Crippen LogP contribution in [0, 0.1) is 0 Å². The number of alkyl halides is 3. The first-order valence-corrected chi connectivity index (χ1v) is 5.23. The SMILES string of the molecule is FC(F)(F)OCCCCC[n+]1ccccc1. The van der Waals surface area contributed by atoms with Crippen LogP contribution in [0.15, 0.2) is 30.6 Å². The third-order valence-electron chi connectivity index (χ3n) is 2.10. The zero-order valence-corrected chi connectivity index (χ0v) is 8.91. The molecule has 0 fully saturated rings. The summed E-state index contributed by atoms with van der Waals surface area (Å²) in [6, 6.07) is 5.77. The highest BCUT2D eigenvalue weighted by Crippen LogP contribution is 2.16. The Morgan fingerprint density at radius 2 is 1.62 bits per heavy atom. The lowest BCUT2D eigenvalue weighted by Crippen LogP contribution is -2.32. The van der Waals surface area contributed by atoms with E-state index in [-0.39, 0.29) is 6.61 Å². The summed E-state index contributed by atoms with van der Waals surface area (Å²) >= 11 is 0. The topological polar surface area (TPSA) is 13.1 Å². The van der Waals surface area contributed by atoms with E-state index >= 15 is 0 Å². The summed E-state index contributed by atoms with van der Waals surface area (Å²) < 4.78 is 40.5. The number of hydrogen-bond donors (Lipinski definition) is 0. The molecular weight excluding hydrogens is 219 g/mol. The fourth-order valence-electron chi connectivity index (χ4n) is 1.34. The fourth-order valence-corrected chi connectivity index (χ4v) is 1.34. The first-order chi connectivity index (χ1) is 7.58. The number of aryl methyl sites for hydroxylation is 1. The highest BCUT2D eigenvalue weighted by atomic mass is 19.4. The van der Waals surface area contributed by atoms with Crippen LogP contribution in [0.4, 0.5) is 13.2 Å². The Morgan fingerprint density at radius 3 is 2.25 bits per heavy atom. The van der Waals surface area contributed by atoms with E-state index in [0.717, 1.165) is 19.4 Å². The van der Waals surface area contributed by atoms with Crippen LogP contribution in [0.1, 0.15) is 19.3 Å². The molecule has 2 nitrogen and oxygen atoms in total. The van der Waals surface area contributed by atoms with Gasteiger partial charge in [-0.3, -0.25) is 4.74 Å². The van der Waals surface area contributed by atoms with Gasteiger partial charge in [0, 0.05) is 18.6 Å². The minimum absolute atomic E-state index is 0.247. The molecule has 0 aromatic carbocycles. The van der Waals surface area contributed by atoms with Gasteiger partial charge < -0.3 is 0 Å². The van der Waals surface area contributed by atoms with Crippen LogP contribution in [0.5, 0.6) is 0 Å². The molecule has 1 aromatic heterocycles. The lowest BCUT2D eigenvalue weighted by atomic mass is 10.2. The molecule has 0 saturated carbocycles. The minimum atomic E-state index is -4.49. The molecule has 0 aliphatic carbocycles. The largest absolute Gasteiger partial charge is 0.522 e. The van der Waals surface area contributed by atoms with Crippen LogP contribution in [0.3, 0.4) is 0 Å². The zero-order chi connectivity index (χ0) is 11.9. The Hall–Kier alpha value is -1.10. The highest BCUT2D eigenvalue weighted by molar-refractivity contribution is 4.83. The Kier molecular flexibility index (Phi) is 5.25. The third kappa shape index (κ3) is 6.40. The summed E-state index contributed by atoms with van der Waals surface area (Å²) in [6.07, 6.45) is 1.41. The number of nitrogens with zero attached hydrogens (tertiary/aromatic N) is 1. The Bertz CT molecular complexity index is 287. The maximum absolute atomic E-state index is 11.6. The minimum Gasteiger partial charge on any atom is -0.292 e. The molecule has 0 radical (unpaired) electrons. The lowest BCUT2D eigenvalue weighted by Gasteiger charge is -2.06. The number of aromatic nitrogens is 1. The number of hydrogen-bond acceptors (Lipinski definition) is 1. The Labute approximate surface area is 92.7 Å². The van der Waals surface area contributed by atoms with Crippen molar-refractivity contribution in [2.75, 3.05) is 6.61 Å². The second kappa shape index (κ2) is 6.48. The van der Waals surface area contributed by atoms with Crippen LogP contribution in [0.25, 0.3) is 0 Å². The summed E-state index contributed by atoms with van der Waals surface area (Å²) in [7, 11) is 0. The third-order valence-corrected chi connectivity index (χ3v) is 2.10. The van der Waals surface area contributed by atoms with Crippen molar-refractivity contribution in [1.82, 2.24) is 0 Å². The summed E-state index contributed by atoms with van der Waals surface area (Å²) in [5.74, 6) is 0. The maximum atomic E-state index is 11.6. The quantitative estimate of drug-likeness (QED) is 0.545. The van der Waals surface area contributed by atoms with E-state index in [2.05, 4.69) is 4.74 Å². The predicted molar refractivity (Wildman–Crippen MR) is 52.5 cm³/mol. The van der Waals surface area contributed by atoms with E-state index in [1.54, 1.807) is 0 Å². The van der Waals surface area contributed by atoms with Crippen molar-refractivity contribution in [2.45, 2.75) is 32.2 Å². The first-order valence-electron chi connectivity index (χ1n) is 5.23. The molecule has 0 N–H and O–H groups in total. The van der Waals surface area contributed by atoms with E-state index in [1.165, 1.54) is 0 Å². The molecule has 0 spiro atoms. The molecule has 0 aliphatic rings. The smallest absolute Gasteiger partial charge is 0.292 e. The van der Waals surface area contributed by atoms with Crippen molar-refractivity contribution >= 4 is 0 Å². The van der Waals surface area contributed by atoms with Gasteiger partial charge in [0.2, 0.25) is 0 Å². The number of rotatable bonds is 6. The van der Waals surface area contributed by atoms with Crippen LogP contribution < -0.4 is 4.57 Å². The first kappa shape index (κ1) is 13.0. The van der Waals surface area contributed by atoms with Crippen LogP contribution in [-0.2, 0) is 11.3 Å². The average molecular weight is 234 g/mol.